The largest absolute Gasteiger partial charge is 0.490 e. The van der Waals surface area contributed by atoms with E-state index in [0.717, 1.165) is 6.42 Å². The predicted octanol–water partition coefficient (Wildman–Crippen LogP) is 3.89. The van der Waals surface area contributed by atoms with Crippen LogP contribution >= 0.6 is 0 Å². The molecule has 0 aliphatic heterocycles. The first kappa shape index (κ1) is 23.2. The van der Waals surface area contributed by atoms with Crippen molar-refractivity contribution >= 4 is 17.5 Å². The van der Waals surface area contributed by atoms with Crippen LogP contribution in [0.15, 0.2) is 42.5 Å². The summed E-state index contributed by atoms with van der Waals surface area (Å²) in [5.74, 6) is 0.509. The summed E-state index contributed by atoms with van der Waals surface area (Å²) >= 11 is 0. The number of amides is 2. The minimum Gasteiger partial charge on any atom is -0.490 e. The molecule has 2 amide bonds. The first-order valence-electron chi connectivity index (χ1n) is 10.3. The van der Waals surface area contributed by atoms with Crippen LogP contribution in [0.5, 0.6) is 11.5 Å². The Bertz CT molecular complexity index is 838. The second-order valence-corrected chi connectivity index (χ2v) is 6.33. The Morgan fingerprint density at radius 2 is 1.60 bits per heavy atom. The summed E-state index contributed by atoms with van der Waals surface area (Å²) in [6, 6.07) is 11.9. The molecule has 0 saturated carbocycles. The number of hydrogen-bond acceptors (Lipinski definition) is 5. The van der Waals surface area contributed by atoms with Gasteiger partial charge in [0.05, 0.1) is 24.5 Å². The van der Waals surface area contributed by atoms with Crippen LogP contribution in [0, 0.1) is 0 Å². The Morgan fingerprint density at radius 1 is 0.867 bits per heavy atom. The van der Waals surface area contributed by atoms with Crippen molar-refractivity contribution in [1.82, 2.24) is 5.32 Å². The van der Waals surface area contributed by atoms with E-state index < -0.39 is 0 Å². The molecule has 0 unspecified atom stereocenters. The lowest BCUT2D eigenvalue weighted by atomic mass is 10.1. The molecule has 2 rings (SSSR count). The fourth-order valence-electron chi connectivity index (χ4n) is 2.79. The number of benzene rings is 2. The summed E-state index contributed by atoms with van der Waals surface area (Å²) in [7, 11) is 0. The van der Waals surface area contributed by atoms with Crippen molar-refractivity contribution in [2.24, 2.45) is 0 Å². The lowest BCUT2D eigenvalue weighted by Crippen LogP contribution is -2.26. The average Bonchev–Trinajstić information content (AvgIpc) is 2.75. The van der Waals surface area contributed by atoms with Crippen molar-refractivity contribution in [2.75, 3.05) is 38.3 Å². The van der Waals surface area contributed by atoms with Crippen LogP contribution in [0.3, 0.4) is 0 Å². The molecule has 0 aliphatic carbocycles. The van der Waals surface area contributed by atoms with Gasteiger partial charge in [0.15, 0.2) is 11.5 Å². The van der Waals surface area contributed by atoms with E-state index in [-0.39, 0.29) is 11.8 Å². The van der Waals surface area contributed by atoms with Crippen molar-refractivity contribution in [3.8, 4) is 11.5 Å². The van der Waals surface area contributed by atoms with Crippen molar-refractivity contribution < 1.29 is 23.8 Å². The predicted molar refractivity (Wildman–Crippen MR) is 117 cm³/mol. The van der Waals surface area contributed by atoms with E-state index in [1.165, 1.54) is 0 Å². The maximum Gasteiger partial charge on any atom is 0.255 e. The normalized spacial score (nSPS) is 10.4. The summed E-state index contributed by atoms with van der Waals surface area (Å²) in [5, 5.41) is 5.67. The Labute approximate surface area is 177 Å². The third-order valence-electron chi connectivity index (χ3n) is 4.18. The molecule has 7 heteroatoms. The molecule has 0 saturated heterocycles. The van der Waals surface area contributed by atoms with Gasteiger partial charge in [-0.25, -0.2) is 0 Å². The lowest BCUT2D eigenvalue weighted by molar-refractivity contribution is 0.0945. The number of para-hydroxylation sites is 1. The quantitative estimate of drug-likeness (QED) is 0.515. The molecule has 30 heavy (non-hydrogen) atoms. The molecule has 0 bridgehead atoms. The zero-order chi connectivity index (χ0) is 21.8. The summed E-state index contributed by atoms with van der Waals surface area (Å²) in [6.45, 7) is 8.38. The first-order valence-corrected chi connectivity index (χ1v) is 10.3. The number of hydrogen-bond donors (Lipinski definition) is 2. The van der Waals surface area contributed by atoms with E-state index in [9.17, 15) is 9.59 Å². The molecule has 2 aromatic carbocycles. The minimum absolute atomic E-state index is 0.246. The molecule has 0 heterocycles. The van der Waals surface area contributed by atoms with E-state index in [0.29, 0.717) is 61.3 Å². The third kappa shape index (κ3) is 6.77. The zero-order valence-electron chi connectivity index (χ0n) is 17.8. The number of ether oxygens (including phenoxy) is 3. The SMILES string of the molecule is CCOCCCNC(=O)c1ccccc1NC(=O)c1ccc(OCC)c(OCC)c1. The van der Waals surface area contributed by atoms with E-state index in [1.807, 2.05) is 20.8 Å². The maximum absolute atomic E-state index is 12.8. The molecular formula is C23H30N2O5. The number of anilines is 1. The van der Waals surface area contributed by atoms with Gasteiger partial charge < -0.3 is 24.8 Å². The van der Waals surface area contributed by atoms with E-state index in [2.05, 4.69) is 10.6 Å². The van der Waals surface area contributed by atoms with Crippen molar-refractivity contribution in [2.45, 2.75) is 27.2 Å². The molecular weight excluding hydrogens is 384 g/mol. The van der Waals surface area contributed by atoms with Gasteiger partial charge in [-0.1, -0.05) is 12.1 Å². The monoisotopic (exact) mass is 414 g/mol. The highest BCUT2D eigenvalue weighted by atomic mass is 16.5. The molecule has 2 aromatic rings. The van der Waals surface area contributed by atoms with Crippen LogP contribution in [0.25, 0.3) is 0 Å². The van der Waals surface area contributed by atoms with Crippen molar-refractivity contribution in [1.29, 1.82) is 0 Å². The van der Waals surface area contributed by atoms with Crippen molar-refractivity contribution in [3.63, 3.8) is 0 Å². The topological polar surface area (TPSA) is 85.9 Å². The Balaban J connectivity index is 2.10. The second kappa shape index (κ2) is 12.5. The van der Waals surface area contributed by atoms with E-state index >= 15 is 0 Å². The number of rotatable bonds is 12. The molecule has 0 spiro atoms. The molecule has 2 N–H and O–H groups in total. The fourth-order valence-corrected chi connectivity index (χ4v) is 2.79. The van der Waals surface area contributed by atoms with Gasteiger partial charge in [0.2, 0.25) is 0 Å². The van der Waals surface area contributed by atoms with Gasteiger partial charge in [-0.15, -0.1) is 0 Å². The highest BCUT2D eigenvalue weighted by Gasteiger charge is 2.16. The molecule has 0 aromatic heterocycles. The Kier molecular flexibility index (Phi) is 9.67. The number of nitrogens with one attached hydrogen (secondary N) is 2. The molecule has 7 nitrogen and oxygen atoms in total. The third-order valence-corrected chi connectivity index (χ3v) is 4.18. The van der Waals surface area contributed by atoms with Gasteiger partial charge in [-0.2, -0.15) is 0 Å². The lowest BCUT2D eigenvalue weighted by Gasteiger charge is -2.14. The van der Waals surface area contributed by atoms with Gasteiger partial charge in [-0.05, 0) is 57.5 Å². The van der Waals surface area contributed by atoms with Crippen LogP contribution in [0.1, 0.15) is 47.9 Å². The first-order chi connectivity index (χ1) is 14.6. The maximum atomic E-state index is 12.8. The van der Waals surface area contributed by atoms with Gasteiger partial charge in [-0.3, -0.25) is 9.59 Å². The molecule has 0 atom stereocenters. The smallest absolute Gasteiger partial charge is 0.255 e. The molecule has 162 valence electrons. The Hall–Kier alpha value is -3.06. The Morgan fingerprint density at radius 3 is 2.33 bits per heavy atom. The van der Waals surface area contributed by atoms with Crippen LogP contribution in [0.4, 0.5) is 5.69 Å². The number of carbonyl (C=O) groups is 2. The minimum atomic E-state index is -0.337. The number of carbonyl (C=O) groups excluding carboxylic acids is 2. The van der Waals surface area contributed by atoms with Crippen LogP contribution in [-0.4, -0.2) is 44.8 Å². The van der Waals surface area contributed by atoms with Crippen LogP contribution < -0.4 is 20.1 Å². The summed E-state index contributed by atoms with van der Waals surface area (Å²) in [6.07, 6.45) is 0.723. The molecule has 0 aliphatic rings. The summed E-state index contributed by atoms with van der Waals surface area (Å²) in [5.41, 5.74) is 1.25. The second-order valence-electron chi connectivity index (χ2n) is 6.33. The highest BCUT2D eigenvalue weighted by molar-refractivity contribution is 6.09. The van der Waals surface area contributed by atoms with E-state index in [1.54, 1.807) is 42.5 Å². The van der Waals surface area contributed by atoms with Gasteiger partial charge in [0, 0.05) is 25.3 Å². The van der Waals surface area contributed by atoms with Gasteiger partial charge >= 0.3 is 0 Å². The van der Waals surface area contributed by atoms with E-state index in [4.69, 9.17) is 14.2 Å². The van der Waals surface area contributed by atoms with Crippen LogP contribution in [-0.2, 0) is 4.74 Å². The fraction of sp³-hybridized carbons (Fsp3) is 0.391. The molecule has 0 radical (unpaired) electrons. The summed E-state index contributed by atoms with van der Waals surface area (Å²) < 4.78 is 16.4. The van der Waals surface area contributed by atoms with Crippen molar-refractivity contribution in [3.05, 3.63) is 53.6 Å². The van der Waals surface area contributed by atoms with Gasteiger partial charge in [0.25, 0.3) is 11.8 Å². The average molecular weight is 415 g/mol. The zero-order valence-corrected chi connectivity index (χ0v) is 17.8. The van der Waals surface area contributed by atoms with Crippen LogP contribution in [0.2, 0.25) is 0 Å². The standard InChI is InChI=1S/C23H30N2O5/c1-4-28-15-9-14-24-23(27)18-10-7-8-11-19(18)25-22(26)17-12-13-20(29-5-2)21(16-17)30-6-3/h7-8,10-13,16H,4-6,9,14-15H2,1-3H3,(H,24,27)(H,25,26). The summed E-state index contributed by atoms with van der Waals surface area (Å²) in [4.78, 5) is 25.3. The molecule has 0 fully saturated rings. The van der Waals surface area contributed by atoms with Gasteiger partial charge in [0.1, 0.15) is 0 Å². The highest BCUT2D eigenvalue weighted by Crippen LogP contribution is 2.29.